The number of fused-ring (bicyclic) bond motifs is 1. The van der Waals surface area contributed by atoms with Crippen LogP contribution in [0.15, 0.2) is 24.3 Å². The van der Waals surface area contributed by atoms with Crippen LogP contribution < -0.4 is 5.32 Å². The zero-order chi connectivity index (χ0) is 11.4. The van der Waals surface area contributed by atoms with Gasteiger partial charge < -0.3 is 5.32 Å². The maximum absolute atomic E-state index is 5.78. The summed E-state index contributed by atoms with van der Waals surface area (Å²) in [5.74, 6) is 0.697. The van der Waals surface area contributed by atoms with Crippen molar-refractivity contribution in [2.75, 3.05) is 11.2 Å². The molecule has 1 aromatic heterocycles. The first-order valence-corrected chi connectivity index (χ1v) is 6.83. The third kappa shape index (κ3) is 2.47. The molecule has 0 aliphatic rings. The Morgan fingerprint density at radius 2 is 2.25 bits per heavy atom. The molecule has 0 fully saturated rings. The van der Waals surface area contributed by atoms with E-state index in [2.05, 4.69) is 22.7 Å². The Morgan fingerprint density at radius 1 is 1.44 bits per heavy atom. The predicted octanol–water partition coefficient (Wildman–Crippen LogP) is 4.12. The molecule has 0 radical (unpaired) electrons. The van der Waals surface area contributed by atoms with Crippen molar-refractivity contribution in [3.05, 3.63) is 24.3 Å². The molecule has 2 nitrogen and oxygen atoms in total. The number of benzene rings is 1. The molecule has 0 bridgehead atoms. The summed E-state index contributed by atoms with van der Waals surface area (Å²) in [7, 11) is 0. The topological polar surface area (TPSA) is 24.9 Å². The Morgan fingerprint density at radius 3 is 3.00 bits per heavy atom. The summed E-state index contributed by atoms with van der Waals surface area (Å²) in [5.41, 5.74) is 1.07. The number of halogens is 1. The summed E-state index contributed by atoms with van der Waals surface area (Å²) in [6.45, 7) is 2.17. The largest absolute Gasteiger partial charge is 0.372 e. The van der Waals surface area contributed by atoms with E-state index in [9.17, 15) is 0 Å². The number of alkyl halides is 1. The molecule has 0 spiro atoms. The average molecular weight is 255 g/mol. The van der Waals surface area contributed by atoms with Crippen LogP contribution in [0.5, 0.6) is 0 Å². The van der Waals surface area contributed by atoms with Crippen molar-refractivity contribution in [3.8, 4) is 0 Å². The Labute approximate surface area is 105 Å². The van der Waals surface area contributed by atoms with E-state index in [0.717, 1.165) is 23.4 Å². The number of nitrogens with zero attached hydrogens (tertiary/aromatic N) is 1. The number of nitrogens with one attached hydrogen (secondary N) is 1. The van der Waals surface area contributed by atoms with Crippen LogP contribution in [0.4, 0.5) is 5.00 Å². The number of hydrogen-bond acceptors (Lipinski definition) is 3. The Balaban J connectivity index is 2.20. The molecule has 0 saturated carbocycles. The van der Waals surface area contributed by atoms with Gasteiger partial charge >= 0.3 is 0 Å². The fourth-order valence-corrected chi connectivity index (χ4v) is 2.79. The number of anilines is 1. The van der Waals surface area contributed by atoms with Gasteiger partial charge in [0, 0.05) is 17.3 Å². The van der Waals surface area contributed by atoms with Crippen LogP contribution in [-0.4, -0.2) is 16.3 Å². The van der Waals surface area contributed by atoms with Gasteiger partial charge in [0.25, 0.3) is 0 Å². The van der Waals surface area contributed by atoms with E-state index in [1.807, 2.05) is 18.2 Å². The van der Waals surface area contributed by atoms with E-state index in [4.69, 9.17) is 11.6 Å². The lowest BCUT2D eigenvalue weighted by Gasteiger charge is -2.15. The Kier molecular flexibility index (Phi) is 4.02. The summed E-state index contributed by atoms with van der Waals surface area (Å²) < 4.78 is 4.41. The molecular weight excluding hydrogens is 240 g/mol. The van der Waals surface area contributed by atoms with Crippen molar-refractivity contribution in [1.29, 1.82) is 0 Å². The standard InChI is InChI=1S/C12H15ClN2S/c1-2-9(7-8-13)14-12-10-5-3-4-6-11(10)15-16-12/h3-6,9,14H,2,7-8H2,1H3. The van der Waals surface area contributed by atoms with Crippen molar-refractivity contribution in [3.63, 3.8) is 0 Å². The summed E-state index contributed by atoms with van der Waals surface area (Å²) in [5, 5.41) is 5.89. The van der Waals surface area contributed by atoms with Gasteiger partial charge in [-0.1, -0.05) is 19.1 Å². The van der Waals surface area contributed by atoms with Crippen LogP contribution in [0.1, 0.15) is 19.8 Å². The SMILES string of the molecule is CCC(CCCl)Nc1snc2ccccc12. The van der Waals surface area contributed by atoms with E-state index in [1.54, 1.807) is 0 Å². The number of hydrogen-bond donors (Lipinski definition) is 1. The quantitative estimate of drug-likeness (QED) is 0.812. The maximum Gasteiger partial charge on any atom is 0.117 e. The lowest BCUT2D eigenvalue weighted by molar-refractivity contribution is 0.678. The molecular formula is C12H15ClN2S. The third-order valence-electron chi connectivity index (χ3n) is 2.67. The van der Waals surface area contributed by atoms with Gasteiger partial charge in [0.2, 0.25) is 0 Å². The second kappa shape index (κ2) is 5.51. The van der Waals surface area contributed by atoms with Gasteiger partial charge in [-0.2, -0.15) is 4.37 Å². The minimum absolute atomic E-state index is 0.446. The van der Waals surface area contributed by atoms with Gasteiger partial charge in [-0.3, -0.25) is 0 Å². The lowest BCUT2D eigenvalue weighted by Crippen LogP contribution is -2.18. The molecule has 0 aliphatic heterocycles. The Hall–Kier alpha value is -0.800. The van der Waals surface area contributed by atoms with Gasteiger partial charge in [-0.15, -0.1) is 11.6 Å². The van der Waals surface area contributed by atoms with Crippen molar-refractivity contribution in [2.24, 2.45) is 0 Å². The first-order valence-electron chi connectivity index (χ1n) is 5.52. The molecule has 0 saturated heterocycles. The van der Waals surface area contributed by atoms with Gasteiger partial charge in [-0.05, 0) is 36.5 Å². The lowest BCUT2D eigenvalue weighted by atomic mass is 10.1. The second-order valence-electron chi connectivity index (χ2n) is 3.76. The molecule has 1 heterocycles. The van der Waals surface area contributed by atoms with Crippen LogP contribution in [0, 0.1) is 0 Å². The Bertz CT molecular complexity index is 455. The van der Waals surface area contributed by atoms with Crippen LogP contribution in [0.25, 0.3) is 10.9 Å². The molecule has 0 amide bonds. The molecule has 16 heavy (non-hydrogen) atoms. The zero-order valence-electron chi connectivity index (χ0n) is 9.24. The molecule has 1 atom stereocenters. The highest BCUT2D eigenvalue weighted by Gasteiger charge is 2.10. The molecule has 1 N–H and O–H groups in total. The summed E-state index contributed by atoms with van der Waals surface area (Å²) in [6, 6.07) is 8.65. The molecule has 4 heteroatoms. The van der Waals surface area contributed by atoms with E-state index < -0.39 is 0 Å². The van der Waals surface area contributed by atoms with Crippen LogP contribution in [-0.2, 0) is 0 Å². The number of rotatable bonds is 5. The minimum Gasteiger partial charge on any atom is -0.372 e. The van der Waals surface area contributed by atoms with Gasteiger partial charge in [0.1, 0.15) is 5.00 Å². The fraction of sp³-hybridized carbons (Fsp3) is 0.417. The third-order valence-corrected chi connectivity index (χ3v) is 3.70. The molecule has 2 aromatic rings. The molecule has 0 aliphatic carbocycles. The maximum atomic E-state index is 5.78. The highest BCUT2D eigenvalue weighted by molar-refractivity contribution is 7.11. The highest BCUT2D eigenvalue weighted by Crippen LogP contribution is 2.28. The van der Waals surface area contributed by atoms with Crippen molar-refractivity contribution in [2.45, 2.75) is 25.8 Å². The monoisotopic (exact) mass is 254 g/mol. The normalized spacial score (nSPS) is 12.9. The fourth-order valence-electron chi connectivity index (χ4n) is 1.69. The summed E-state index contributed by atoms with van der Waals surface area (Å²) in [4.78, 5) is 0. The molecule has 2 rings (SSSR count). The predicted molar refractivity (Wildman–Crippen MR) is 72.7 cm³/mol. The van der Waals surface area contributed by atoms with Crippen molar-refractivity contribution >= 4 is 39.0 Å². The summed E-state index contributed by atoms with van der Waals surface area (Å²) in [6.07, 6.45) is 2.07. The molecule has 1 aromatic carbocycles. The van der Waals surface area contributed by atoms with E-state index in [1.165, 1.54) is 16.9 Å². The van der Waals surface area contributed by atoms with Crippen molar-refractivity contribution < 1.29 is 0 Å². The van der Waals surface area contributed by atoms with E-state index in [0.29, 0.717) is 11.9 Å². The zero-order valence-corrected chi connectivity index (χ0v) is 10.8. The van der Waals surface area contributed by atoms with Gasteiger partial charge in [0.15, 0.2) is 0 Å². The second-order valence-corrected chi connectivity index (χ2v) is 4.91. The van der Waals surface area contributed by atoms with Crippen LogP contribution in [0.2, 0.25) is 0 Å². The number of aromatic nitrogens is 1. The van der Waals surface area contributed by atoms with E-state index >= 15 is 0 Å². The van der Waals surface area contributed by atoms with Crippen LogP contribution >= 0.6 is 23.1 Å². The first-order chi connectivity index (χ1) is 7.85. The van der Waals surface area contributed by atoms with Crippen LogP contribution in [0.3, 0.4) is 0 Å². The molecule has 86 valence electrons. The summed E-state index contributed by atoms with van der Waals surface area (Å²) >= 11 is 7.31. The van der Waals surface area contributed by atoms with Gasteiger partial charge in [0.05, 0.1) is 5.52 Å². The van der Waals surface area contributed by atoms with Crippen molar-refractivity contribution in [1.82, 2.24) is 4.37 Å². The average Bonchev–Trinajstić information content (AvgIpc) is 2.72. The first kappa shape index (κ1) is 11.7. The van der Waals surface area contributed by atoms with Gasteiger partial charge in [-0.25, -0.2) is 0 Å². The molecule has 1 unspecified atom stereocenters. The highest BCUT2D eigenvalue weighted by atomic mass is 35.5. The minimum atomic E-state index is 0.446. The van der Waals surface area contributed by atoms with E-state index in [-0.39, 0.29) is 0 Å². The smallest absolute Gasteiger partial charge is 0.117 e.